The molecule has 60 heavy (non-hydrogen) atoms. The summed E-state index contributed by atoms with van der Waals surface area (Å²) in [5, 5.41) is 16.3. The molecule has 11 nitrogen and oxygen atoms in total. The molecule has 2 aliphatic rings. The van der Waals surface area contributed by atoms with Gasteiger partial charge in [0, 0.05) is 25.1 Å². The number of carbonyl (C=O) groups excluding carboxylic acids is 2. The van der Waals surface area contributed by atoms with E-state index in [9.17, 15) is 9.59 Å². The molecule has 0 bridgehead atoms. The van der Waals surface area contributed by atoms with Crippen molar-refractivity contribution in [1.29, 1.82) is 0 Å². The highest BCUT2D eigenvalue weighted by Crippen LogP contribution is 2.31. The first-order chi connectivity index (χ1) is 29.4. The summed E-state index contributed by atoms with van der Waals surface area (Å²) in [6.07, 6.45) is 15.5. The van der Waals surface area contributed by atoms with Gasteiger partial charge in [0.25, 0.3) is 0 Å². The molecule has 2 aromatic carbocycles. The monoisotopic (exact) mass is 810 g/mol. The lowest BCUT2D eigenvalue weighted by molar-refractivity contribution is -0.124. The minimum absolute atomic E-state index is 0.00825. The van der Waals surface area contributed by atoms with Crippen LogP contribution >= 0.6 is 0 Å². The van der Waals surface area contributed by atoms with Crippen LogP contribution in [0.2, 0.25) is 0 Å². The molecule has 0 saturated carbocycles. The van der Waals surface area contributed by atoms with Gasteiger partial charge in [-0.15, -0.1) is 0 Å². The summed E-state index contributed by atoms with van der Waals surface area (Å²) in [5.74, 6) is -0.00693. The summed E-state index contributed by atoms with van der Waals surface area (Å²) in [6, 6.07) is 26.2. The minimum Gasteiger partial charge on any atom is -0.349 e. The van der Waals surface area contributed by atoms with E-state index < -0.39 is 0 Å². The van der Waals surface area contributed by atoms with Crippen molar-refractivity contribution in [2.45, 2.75) is 121 Å². The third-order valence-corrected chi connectivity index (χ3v) is 12.2. The van der Waals surface area contributed by atoms with Crippen LogP contribution in [0, 0.1) is 0 Å². The number of benzene rings is 2. The van der Waals surface area contributed by atoms with Crippen LogP contribution in [0.3, 0.4) is 0 Å². The second-order valence-electron chi connectivity index (χ2n) is 16.8. The Morgan fingerprint density at radius 1 is 0.767 bits per heavy atom. The number of pyridine rings is 3. The van der Waals surface area contributed by atoms with Gasteiger partial charge >= 0.3 is 0 Å². The Bertz CT molecular complexity index is 2160. The van der Waals surface area contributed by atoms with Crippen molar-refractivity contribution in [2.75, 3.05) is 20.1 Å². The smallest absolute Gasteiger partial charge is 0.237 e. The van der Waals surface area contributed by atoms with Gasteiger partial charge in [0.15, 0.2) is 0 Å². The average molecular weight is 810 g/mol. The zero-order chi connectivity index (χ0) is 41.7. The van der Waals surface area contributed by atoms with E-state index in [0.29, 0.717) is 25.9 Å². The average Bonchev–Trinajstić information content (AvgIpc) is 3.27. The highest BCUT2D eigenvalue weighted by molar-refractivity contribution is 5.88. The van der Waals surface area contributed by atoms with Gasteiger partial charge in [-0.1, -0.05) is 55.0 Å². The fourth-order valence-electron chi connectivity index (χ4n) is 9.11. The first-order valence-electron chi connectivity index (χ1n) is 22.1. The van der Waals surface area contributed by atoms with Crippen LogP contribution < -0.4 is 27.0 Å². The quantitative estimate of drug-likeness (QED) is 0.0528. The molecule has 0 saturated heterocycles. The van der Waals surface area contributed by atoms with Crippen LogP contribution in [-0.4, -0.2) is 63.9 Å². The van der Waals surface area contributed by atoms with Crippen molar-refractivity contribution in [1.82, 2.24) is 41.1 Å². The van der Waals surface area contributed by atoms with Gasteiger partial charge in [-0.2, -0.15) is 0 Å². The number of nitrogens with one attached hydrogen (secondary N) is 4. The third-order valence-electron chi connectivity index (χ3n) is 12.2. The van der Waals surface area contributed by atoms with E-state index in [0.717, 1.165) is 104 Å². The summed E-state index contributed by atoms with van der Waals surface area (Å²) < 4.78 is 0. The van der Waals surface area contributed by atoms with Gasteiger partial charge in [0.05, 0.1) is 53.8 Å². The number of hydrogen-bond acceptors (Lipinski definition) is 9. The SMILES string of the molecule is CC(NC(=O)C(CCCCN)NC1CCCc2cccnc21)c1cc(CN(C)CCCC(NC2CCCc3cccnc32)C(=O)NCc2ccccn2)cc2ccccc12. The number of hydrogen-bond donors (Lipinski definition) is 5. The number of nitrogens with zero attached hydrogens (tertiary/aromatic N) is 4. The predicted octanol–water partition coefficient (Wildman–Crippen LogP) is 6.93. The van der Waals surface area contributed by atoms with Gasteiger partial charge in [-0.25, -0.2) is 0 Å². The van der Waals surface area contributed by atoms with Gasteiger partial charge in [-0.3, -0.25) is 35.2 Å². The Balaban J connectivity index is 1.01. The lowest BCUT2D eigenvalue weighted by Gasteiger charge is -2.30. The van der Waals surface area contributed by atoms with Crippen molar-refractivity contribution < 1.29 is 9.59 Å². The van der Waals surface area contributed by atoms with Gasteiger partial charge < -0.3 is 21.3 Å². The van der Waals surface area contributed by atoms with Crippen molar-refractivity contribution in [3.05, 3.63) is 137 Å². The van der Waals surface area contributed by atoms with Crippen molar-refractivity contribution in [2.24, 2.45) is 5.73 Å². The summed E-state index contributed by atoms with van der Waals surface area (Å²) in [5.41, 5.74) is 13.7. The fourth-order valence-corrected chi connectivity index (χ4v) is 9.11. The van der Waals surface area contributed by atoms with E-state index >= 15 is 0 Å². The normalized spacial score (nSPS) is 17.7. The molecule has 316 valence electrons. The molecule has 0 radical (unpaired) electrons. The minimum atomic E-state index is -0.366. The lowest BCUT2D eigenvalue weighted by atomic mass is 9.91. The lowest BCUT2D eigenvalue weighted by Crippen LogP contribution is -2.47. The molecule has 5 atom stereocenters. The van der Waals surface area contributed by atoms with E-state index in [-0.39, 0.29) is 42.0 Å². The molecule has 11 heteroatoms. The van der Waals surface area contributed by atoms with Crippen LogP contribution in [-0.2, 0) is 35.5 Å². The number of aromatic nitrogens is 3. The molecular weight excluding hydrogens is 747 g/mol. The maximum Gasteiger partial charge on any atom is 0.237 e. The zero-order valence-corrected chi connectivity index (χ0v) is 35.4. The number of unbranched alkanes of at least 4 members (excludes halogenated alkanes) is 1. The van der Waals surface area contributed by atoms with Gasteiger partial charge in [0.1, 0.15) is 0 Å². The van der Waals surface area contributed by atoms with Gasteiger partial charge in [0.2, 0.25) is 11.8 Å². The summed E-state index contributed by atoms with van der Waals surface area (Å²) in [7, 11) is 2.14. The second kappa shape index (κ2) is 21.4. The van der Waals surface area contributed by atoms with Crippen LogP contribution in [0.25, 0.3) is 10.8 Å². The topological polar surface area (TPSA) is 150 Å². The largest absolute Gasteiger partial charge is 0.349 e. The Morgan fingerprint density at radius 3 is 2.10 bits per heavy atom. The van der Waals surface area contributed by atoms with Crippen LogP contribution in [0.1, 0.15) is 122 Å². The maximum absolute atomic E-state index is 14.2. The van der Waals surface area contributed by atoms with Crippen LogP contribution in [0.5, 0.6) is 0 Å². The molecule has 3 aromatic heterocycles. The van der Waals surface area contributed by atoms with Crippen molar-refractivity contribution >= 4 is 22.6 Å². The van der Waals surface area contributed by atoms with E-state index in [4.69, 9.17) is 15.7 Å². The van der Waals surface area contributed by atoms with Crippen molar-refractivity contribution in [3.63, 3.8) is 0 Å². The number of nitrogens with two attached hydrogens (primary N) is 1. The van der Waals surface area contributed by atoms with Crippen LogP contribution in [0.15, 0.2) is 97.5 Å². The third kappa shape index (κ3) is 11.4. The molecule has 2 amide bonds. The first kappa shape index (κ1) is 43.0. The fraction of sp³-hybridized carbons (Fsp3) is 0.449. The molecule has 5 unspecified atom stereocenters. The molecule has 2 aliphatic carbocycles. The van der Waals surface area contributed by atoms with E-state index in [2.05, 4.69) is 93.7 Å². The molecular formula is C49H63N9O2. The Hall–Kier alpha value is -5.07. The molecule has 6 N–H and O–H groups in total. The highest BCUT2D eigenvalue weighted by Gasteiger charge is 2.29. The molecule has 0 aliphatic heterocycles. The molecule has 3 heterocycles. The Kier molecular flexibility index (Phi) is 15.4. The Morgan fingerprint density at radius 2 is 1.42 bits per heavy atom. The summed E-state index contributed by atoms with van der Waals surface area (Å²) >= 11 is 0. The van der Waals surface area contributed by atoms with Crippen molar-refractivity contribution in [3.8, 4) is 0 Å². The number of amides is 2. The van der Waals surface area contributed by atoms with E-state index in [1.54, 1.807) is 6.20 Å². The molecule has 5 aromatic rings. The highest BCUT2D eigenvalue weighted by atomic mass is 16.2. The first-order valence-corrected chi connectivity index (χ1v) is 22.1. The summed E-state index contributed by atoms with van der Waals surface area (Å²) in [6.45, 7) is 4.64. The molecule has 0 fully saturated rings. The number of carbonyl (C=O) groups is 2. The Labute approximate surface area is 355 Å². The van der Waals surface area contributed by atoms with E-state index in [1.807, 2.05) is 42.7 Å². The second-order valence-corrected chi connectivity index (χ2v) is 16.8. The predicted molar refractivity (Wildman–Crippen MR) is 239 cm³/mol. The standard InChI is InChI=1S/C49H63N9O2/c1-34(55-49(60)45(21-5-7-25-50)57-43-23-10-16-37-18-12-28-53-47(37)43)41-31-35(30-38-14-3-4-20-40(38)41)33-58(2)29-13-24-44(48(59)54-32-39-19-6-8-26-51-39)56-42-22-9-15-36-17-11-27-52-46(36)42/h3-4,6,8,11-12,14,17-20,26-28,30-31,34,42-45,56-57H,5,7,9-10,13,15-16,21-25,29,32-33,50H2,1-2H3,(H,54,59)(H,55,60). The number of rotatable bonds is 20. The molecule has 7 rings (SSSR count). The van der Waals surface area contributed by atoms with Gasteiger partial charge in [-0.05, 0) is 155 Å². The number of aryl methyl sites for hydroxylation is 2. The van der Waals surface area contributed by atoms with E-state index in [1.165, 1.54) is 16.7 Å². The maximum atomic E-state index is 14.2. The van der Waals surface area contributed by atoms with Crippen LogP contribution in [0.4, 0.5) is 0 Å². The molecule has 0 spiro atoms. The zero-order valence-electron chi connectivity index (χ0n) is 35.4. The number of fused-ring (bicyclic) bond motifs is 3. The summed E-state index contributed by atoms with van der Waals surface area (Å²) in [4.78, 5) is 44.1.